The molecule has 98 valence electrons. The molecule has 1 N–H and O–H groups in total. The summed E-state index contributed by atoms with van der Waals surface area (Å²) in [5, 5.41) is 3.39. The van der Waals surface area contributed by atoms with Crippen LogP contribution < -0.4 is 10.1 Å². The molecule has 0 saturated heterocycles. The first-order valence-electron chi connectivity index (χ1n) is 5.82. The second-order valence-electron chi connectivity index (χ2n) is 3.84. The van der Waals surface area contributed by atoms with Crippen molar-refractivity contribution in [1.29, 1.82) is 0 Å². The van der Waals surface area contributed by atoms with Gasteiger partial charge in [0.05, 0.1) is 24.9 Å². The number of nitrogens with zero attached hydrogens (tertiary/aromatic N) is 1. The van der Waals surface area contributed by atoms with E-state index in [1.807, 2.05) is 0 Å². The summed E-state index contributed by atoms with van der Waals surface area (Å²) >= 11 is 5.76. The van der Waals surface area contributed by atoms with Crippen LogP contribution in [0.1, 0.15) is 6.42 Å². The summed E-state index contributed by atoms with van der Waals surface area (Å²) in [7, 11) is 0. The number of hydrogen-bond donors (Lipinski definition) is 1. The molecule has 0 bridgehead atoms. The van der Waals surface area contributed by atoms with Gasteiger partial charge in [-0.25, -0.2) is 0 Å². The first-order valence-corrected chi connectivity index (χ1v) is 6.20. The third kappa shape index (κ3) is 4.60. The highest BCUT2D eigenvalue weighted by atomic mass is 35.5. The van der Waals surface area contributed by atoms with Crippen molar-refractivity contribution >= 4 is 23.2 Å². The van der Waals surface area contributed by atoms with E-state index >= 15 is 0 Å². The van der Waals surface area contributed by atoms with Crippen molar-refractivity contribution in [3.8, 4) is 5.75 Å². The van der Waals surface area contributed by atoms with Crippen LogP contribution in [0.4, 0.5) is 5.69 Å². The van der Waals surface area contributed by atoms with E-state index in [9.17, 15) is 4.79 Å². The molecule has 0 saturated carbocycles. The fourth-order valence-electron chi connectivity index (χ4n) is 1.45. The van der Waals surface area contributed by atoms with E-state index in [0.29, 0.717) is 23.1 Å². The highest BCUT2D eigenvalue weighted by Crippen LogP contribution is 2.15. The van der Waals surface area contributed by atoms with Crippen molar-refractivity contribution in [2.45, 2.75) is 6.42 Å². The average Bonchev–Trinajstić information content (AvgIpc) is 2.42. The number of ether oxygens (including phenoxy) is 1. The molecule has 4 nitrogen and oxygen atoms in total. The zero-order valence-electron chi connectivity index (χ0n) is 10.2. The van der Waals surface area contributed by atoms with Gasteiger partial charge in [-0.2, -0.15) is 0 Å². The number of benzene rings is 1. The van der Waals surface area contributed by atoms with Gasteiger partial charge in [-0.1, -0.05) is 11.6 Å². The van der Waals surface area contributed by atoms with Crippen molar-refractivity contribution in [2.75, 3.05) is 11.9 Å². The lowest BCUT2D eigenvalue weighted by molar-refractivity contribution is -0.116. The molecule has 1 amide bonds. The van der Waals surface area contributed by atoms with Gasteiger partial charge < -0.3 is 10.1 Å². The minimum Gasteiger partial charge on any atom is -0.493 e. The SMILES string of the molecule is O=C(CCOc1ccc(Cl)cc1)Nc1cccnc1. The van der Waals surface area contributed by atoms with Crippen LogP contribution in [0, 0.1) is 0 Å². The number of halogens is 1. The first kappa shape index (κ1) is 13.4. The van der Waals surface area contributed by atoms with Gasteiger partial charge in [0.1, 0.15) is 5.75 Å². The zero-order chi connectivity index (χ0) is 13.5. The maximum Gasteiger partial charge on any atom is 0.227 e. The van der Waals surface area contributed by atoms with E-state index in [1.165, 1.54) is 0 Å². The third-order valence-electron chi connectivity index (χ3n) is 2.36. The van der Waals surface area contributed by atoms with Crippen LogP contribution in [0.15, 0.2) is 48.8 Å². The molecule has 0 radical (unpaired) electrons. The number of nitrogens with one attached hydrogen (secondary N) is 1. The molecule has 1 aromatic carbocycles. The van der Waals surface area contributed by atoms with E-state index in [1.54, 1.807) is 48.8 Å². The van der Waals surface area contributed by atoms with Crippen molar-refractivity contribution in [2.24, 2.45) is 0 Å². The van der Waals surface area contributed by atoms with Crippen LogP contribution in [0.25, 0.3) is 0 Å². The molecule has 0 unspecified atom stereocenters. The van der Waals surface area contributed by atoms with Crippen molar-refractivity contribution in [3.63, 3.8) is 0 Å². The molecule has 1 heterocycles. The molecule has 19 heavy (non-hydrogen) atoms. The second kappa shape index (κ2) is 6.75. The van der Waals surface area contributed by atoms with Gasteiger partial charge in [-0.05, 0) is 36.4 Å². The minimum atomic E-state index is -0.109. The second-order valence-corrected chi connectivity index (χ2v) is 4.28. The van der Waals surface area contributed by atoms with Crippen LogP contribution in [0.5, 0.6) is 5.75 Å². The molecule has 5 heteroatoms. The molecule has 1 aromatic heterocycles. The monoisotopic (exact) mass is 276 g/mol. The van der Waals surface area contributed by atoms with Gasteiger partial charge in [0.25, 0.3) is 0 Å². The van der Waals surface area contributed by atoms with Crippen molar-refractivity contribution < 1.29 is 9.53 Å². The van der Waals surface area contributed by atoms with Crippen LogP contribution in [-0.4, -0.2) is 17.5 Å². The number of rotatable bonds is 5. The first-order chi connectivity index (χ1) is 9.24. The number of anilines is 1. The highest BCUT2D eigenvalue weighted by Gasteiger charge is 2.02. The Labute approximate surface area is 116 Å². The van der Waals surface area contributed by atoms with Gasteiger partial charge in [-0.15, -0.1) is 0 Å². The largest absolute Gasteiger partial charge is 0.493 e. The summed E-state index contributed by atoms with van der Waals surface area (Å²) < 4.78 is 5.43. The average molecular weight is 277 g/mol. The molecule has 2 rings (SSSR count). The molecule has 0 aliphatic heterocycles. The predicted octanol–water partition coefficient (Wildman–Crippen LogP) is 3.14. The maximum absolute atomic E-state index is 11.6. The van der Waals surface area contributed by atoms with E-state index in [0.717, 1.165) is 0 Å². The smallest absolute Gasteiger partial charge is 0.227 e. The summed E-state index contributed by atoms with van der Waals surface area (Å²) in [5.41, 5.74) is 0.680. The van der Waals surface area contributed by atoms with E-state index in [2.05, 4.69) is 10.3 Å². The van der Waals surface area contributed by atoms with E-state index < -0.39 is 0 Å². The summed E-state index contributed by atoms with van der Waals surface area (Å²) in [5.74, 6) is 0.584. The van der Waals surface area contributed by atoms with Gasteiger partial charge in [-0.3, -0.25) is 9.78 Å². The van der Waals surface area contributed by atoms with Gasteiger partial charge >= 0.3 is 0 Å². The third-order valence-corrected chi connectivity index (χ3v) is 2.61. The Morgan fingerprint density at radius 1 is 1.26 bits per heavy atom. The summed E-state index contributed by atoms with van der Waals surface area (Å²) in [6.07, 6.45) is 3.52. The van der Waals surface area contributed by atoms with Crippen LogP contribution in [0.2, 0.25) is 5.02 Å². The van der Waals surface area contributed by atoms with Crippen molar-refractivity contribution in [3.05, 3.63) is 53.8 Å². The number of carbonyl (C=O) groups excluding carboxylic acids is 1. The van der Waals surface area contributed by atoms with Crippen LogP contribution >= 0.6 is 11.6 Å². The van der Waals surface area contributed by atoms with E-state index in [4.69, 9.17) is 16.3 Å². The molecule has 0 aliphatic carbocycles. The fraction of sp³-hybridized carbons (Fsp3) is 0.143. The van der Waals surface area contributed by atoms with Crippen molar-refractivity contribution in [1.82, 2.24) is 4.98 Å². The number of pyridine rings is 1. The Kier molecular flexibility index (Phi) is 4.75. The zero-order valence-corrected chi connectivity index (χ0v) is 10.9. The van der Waals surface area contributed by atoms with E-state index in [-0.39, 0.29) is 12.3 Å². The minimum absolute atomic E-state index is 0.109. The van der Waals surface area contributed by atoms with Gasteiger partial charge in [0, 0.05) is 11.2 Å². The molecule has 2 aromatic rings. The predicted molar refractivity (Wildman–Crippen MR) is 74.4 cm³/mol. The number of carbonyl (C=O) groups is 1. The Morgan fingerprint density at radius 2 is 2.05 bits per heavy atom. The summed E-state index contributed by atoms with van der Waals surface area (Å²) in [6, 6.07) is 10.6. The summed E-state index contributed by atoms with van der Waals surface area (Å²) in [6.45, 7) is 0.313. The Morgan fingerprint density at radius 3 is 2.74 bits per heavy atom. The topological polar surface area (TPSA) is 51.2 Å². The van der Waals surface area contributed by atoms with Gasteiger partial charge in [0.2, 0.25) is 5.91 Å². The Balaban J connectivity index is 1.74. The number of amides is 1. The van der Waals surface area contributed by atoms with Gasteiger partial charge in [0.15, 0.2) is 0 Å². The quantitative estimate of drug-likeness (QED) is 0.913. The fourth-order valence-corrected chi connectivity index (χ4v) is 1.58. The lowest BCUT2D eigenvalue weighted by atomic mass is 10.3. The molecule has 0 aliphatic rings. The molecule has 0 spiro atoms. The normalized spacial score (nSPS) is 9.95. The highest BCUT2D eigenvalue weighted by molar-refractivity contribution is 6.30. The van der Waals surface area contributed by atoms with Crippen LogP contribution in [0.3, 0.4) is 0 Å². The number of hydrogen-bond acceptors (Lipinski definition) is 3. The lowest BCUT2D eigenvalue weighted by Gasteiger charge is -2.07. The maximum atomic E-state index is 11.6. The lowest BCUT2D eigenvalue weighted by Crippen LogP contribution is -2.15. The summed E-state index contributed by atoms with van der Waals surface area (Å²) in [4.78, 5) is 15.5. The standard InChI is InChI=1S/C14H13ClN2O2/c15-11-3-5-13(6-4-11)19-9-7-14(18)17-12-2-1-8-16-10-12/h1-6,8,10H,7,9H2,(H,17,18). The molecule has 0 atom stereocenters. The number of aromatic nitrogens is 1. The molecular weight excluding hydrogens is 264 g/mol. The Hall–Kier alpha value is -2.07. The molecule has 0 fully saturated rings. The van der Waals surface area contributed by atoms with Crippen LogP contribution in [-0.2, 0) is 4.79 Å². The Bertz CT molecular complexity index is 529. The molecular formula is C14H13ClN2O2.